The third kappa shape index (κ3) is 3.16. The van der Waals surface area contributed by atoms with Gasteiger partial charge >= 0.3 is 0 Å². The third-order valence-corrected chi connectivity index (χ3v) is 7.68. The van der Waals surface area contributed by atoms with Crippen LogP contribution in [0.1, 0.15) is 24.0 Å². The average Bonchev–Trinajstić information content (AvgIpc) is 3.08. The molecule has 6 heteroatoms. The normalized spacial score (nSPS) is 20.4. The zero-order valence-corrected chi connectivity index (χ0v) is 17.0. The Hall–Kier alpha value is -1.79. The molecule has 4 rings (SSSR count). The van der Waals surface area contributed by atoms with E-state index in [0.29, 0.717) is 6.04 Å². The molecule has 3 heterocycles. The maximum atomic E-state index is 11.7. The van der Waals surface area contributed by atoms with E-state index in [2.05, 4.69) is 59.3 Å². The maximum absolute atomic E-state index is 11.7. The average molecular weight is 386 g/mol. The first-order valence-electron chi connectivity index (χ1n) is 8.92. The lowest BCUT2D eigenvalue weighted by Crippen LogP contribution is -2.38. The SMILES string of the molecule is Cc1ccc(-c2csc3ncnc(N(C)C4CCS(=O)CC4)c23)cc1C. The van der Waals surface area contributed by atoms with E-state index in [-0.39, 0.29) is 0 Å². The number of hydrogen-bond acceptors (Lipinski definition) is 5. The van der Waals surface area contributed by atoms with E-state index in [4.69, 9.17) is 0 Å². The van der Waals surface area contributed by atoms with Crippen LogP contribution in [-0.4, -0.2) is 38.8 Å². The van der Waals surface area contributed by atoms with Crippen molar-refractivity contribution >= 4 is 38.2 Å². The summed E-state index contributed by atoms with van der Waals surface area (Å²) in [7, 11) is 1.46. The number of aromatic nitrogens is 2. The second kappa shape index (κ2) is 7.08. The van der Waals surface area contributed by atoms with Gasteiger partial charge in [-0.1, -0.05) is 18.2 Å². The largest absolute Gasteiger partial charge is 0.356 e. The Morgan fingerprint density at radius 3 is 2.65 bits per heavy atom. The predicted molar refractivity (Wildman–Crippen MR) is 112 cm³/mol. The van der Waals surface area contributed by atoms with Crippen molar-refractivity contribution in [1.82, 2.24) is 9.97 Å². The molecule has 1 fully saturated rings. The Bertz CT molecular complexity index is 972. The summed E-state index contributed by atoms with van der Waals surface area (Å²) in [5.74, 6) is 2.57. The summed E-state index contributed by atoms with van der Waals surface area (Å²) in [6, 6.07) is 7.00. The molecular weight excluding hydrogens is 362 g/mol. The second-order valence-corrected chi connectivity index (χ2v) is 9.57. The van der Waals surface area contributed by atoms with Crippen LogP contribution in [0.5, 0.6) is 0 Å². The minimum absolute atomic E-state index is 0.387. The van der Waals surface area contributed by atoms with Gasteiger partial charge in [-0.25, -0.2) is 9.97 Å². The van der Waals surface area contributed by atoms with E-state index in [9.17, 15) is 4.21 Å². The molecule has 0 unspecified atom stereocenters. The molecule has 0 aliphatic carbocycles. The summed E-state index contributed by atoms with van der Waals surface area (Å²) in [5.41, 5.74) is 5.02. The van der Waals surface area contributed by atoms with Gasteiger partial charge in [-0.3, -0.25) is 4.21 Å². The predicted octanol–water partition coefficient (Wildman–Crippen LogP) is 4.32. The number of aryl methyl sites for hydroxylation is 2. The summed E-state index contributed by atoms with van der Waals surface area (Å²) in [5, 5.41) is 3.33. The second-order valence-electron chi connectivity index (χ2n) is 7.02. The van der Waals surface area contributed by atoms with E-state index in [0.717, 1.165) is 40.4 Å². The molecule has 4 nitrogen and oxygen atoms in total. The Balaban J connectivity index is 1.79. The highest BCUT2D eigenvalue weighted by Crippen LogP contribution is 2.39. The quantitative estimate of drug-likeness (QED) is 0.673. The minimum atomic E-state index is -0.650. The third-order valence-electron chi connectivity index (χ3n) is 5.41. The maximum Gasteiger partial charge on any atom is 0.141 e. The summed E-state index contributed by atoms with van der Waals surface area (Å²) in [6.07, 6.45) is 3.57. The van der Waals surface area contributed by atoms with Crippen molar-refractivity contribution in [3.05, 3.63) is 41.0 Å². The van der Waals surface area contributed by atoms with Crippen LogP contribution in [0.2, 0.25) is 0 Å². The molecule has 3 aromatic rings. The highest BCUT2D eigenvalue weighted by molar-refractivity contribution is 7.85. The summed E-state index contributed by atoms with van der Waals surface area (Å²) < 4.78 is 11.7. The number of benzene rings is 1. The van der Waals surface area contributed by atoms with Crippen molar-refractivity contribution < 1.29 is 4.21 Å². The molecule has 0 saturated carbocycles. The Morgan fingerprint density at radius 2 is 1.92 bits per heavy atom. The Kier molecular flexibility index (Phi) is 4.80. The molecule has 1 saturated heterocycles. The summed E-state index contributed by atoms with van der Waals surface area (Å²) >= 11 is 1.67. The van der Waals surface area contributed by atoms with Gasteiger partial charge in [0.2, 0.25) is 0 Å². The molecule has 0 amide bonds. The fraction of sp³-hybridized carbons (Fsp3) is 0.400. The number of fused-ring (bicyclic) bond motifs is 1. The van der Waals surface area contributed by atoms with Gasteiger partial charge in [-0.05, 0) is 43.4 Å². The van der Waals surface area contributed by atoms with Crippen molar-refractivity contribution in [3.63, 3.8) is 0 Å². The van der Waals surface area contributed by atoms with Crippen molar-refractivity contribution in [1.29, 1.82) is 0 Å². The first-order chi connectivity index (χ1) is 12.5. The lowest BCUT2D eigenvalue weighted by atomic mass is 10.0. The summed E-state index contributed by atoms with van der Waals surface area (Å²) in [6.45, 7) is 4.29. The van der Waals surface area contributed by atoms with Gasteiger partial charge in [0.25, 0.3) is 0 Å². The van der Waals surface area contributed by atoms with Crippen LogP contribution in [0, 0.1) is 13.8 Å². The summed E-state index contributed by atoms with van der Waals surface area (Å²) in [4.78, 5) is 12.4. The highest BCUT2D eigenvalue weighted by Gasteiger charge is 2.25. The monoisotopic (exact) mass is 385 g/mol. The van der Waals surface area contributed by atoms with Gasteiger partial charge in [-0.15, -0.1) is 11.3 Å². The number of anilines is 1. The Labute approximate surface area is 160 Å². The molecule has 0 spiro atoms. The highest BCUT2D eigenvalue weighted by atomic mass is 32.2. The van der Waals surface area contributed by atoms with E-state index in [1.54, 1.807) is 17.7 Å². The van der Waals surface area contributed by atoms with Crippen LogP contribution in [0.15, 0.2) is 29.9 Å². The molecule has 0 bridgehead atoms. The zero-order valence-electron chi connectivity index (χ0n) is 15.4. The van der Waals surface area contributed by atoms with Gasteiger partial charge in [0, 0.05) is 46.3 Å². The fourth-order valence-electron chi connectivity index (χ4n) is 3.59. The first kappa shape index (κ1) is 17.6. The van der Waals surface area contributed by atoms with Crippen molar-refractivity contribution in [2.45, 2.75) is 32.7 Å². The van der Waals surface area contributed by atoms with Crippen LogP contribution in [-0.2, 0) is 10.8 Å². The van der Waals surface area contributed by atoms with Gasteiger partial charge in [0.1, 0.15) is 17.0 Å². The molecule has 26 heavy (non-hydrogen) atoms. The molecular formula is C20H23N3OS2. The molecule has 1 aliphatic rings. The smallest absolute Gasteiger partial charge is 0.141 e. The van der Waals surface area contributed by atoms with Crippen molar-refractivity contribution in [2.24, 2.45) is 0 Å². The molecule has 0 atom stereocenters. The van der Waals surface area contributed by atoms with E-state index in [1.807, 2.05) is 0 Å². The van der Waals surface area contributed by atoms with E-state index in [1.165, 1.54) is 22.3 Å². The topological polar surface area (TPSA) is 46.1 Å². The zero-order chi connectivity index (χ0) is 18.3. The number of nitrogens with zero attached hydrogens (tertiary/aromatic N) is 3. The first-order valence-corrected chi connectivity index (χ1v) is 11.3. The minimum Gasteiger partial charge on any atom is -0.356 e. The van der Waals surface area contributed by atoms with E-state index < -0.39 is 10.8 Å². The van der Waals surface area contributed by atoms with Crippen LogP contribution in [0.4, 0.5) is 5.82 Å². The lowest BCUT2D eigenvalue weighted by Gasteiger charge is -2.32. The van der Waals surface area contributed by atoms with Gasteiger partial charge in [-0.2, -0.15) is 0 Å². The molecule has 1 aromatic carbocycles. The van der Waals surface area contributed by atoms with Crippen molar-refractivity contribution in [2.75, 3.05) is 23.5 Å². The van der Waals surface area contributed by atoms with Gasteiger partial charge in [0.05, 0.1) is 5.39 Å². The number of hydrogen-bond donors (Lipinski definition) is 0. The Morgan fingerprint density at radius 1 is 1.15 bits per heavy atom. The van der Waals surface area contributed by atoms with Crippen molar-refractivity contribution in [3.8, 4) is 11.1 Å². The van der Waals surface area contributed by atoms with Crippen LogP contribution in [0.3, 0.4) is 0 Å². The van der Waals surface area contributed by atoms with Gasteiger partial charge in [0.15, 0.2) is 0 Å². The molecule has 1 aliphatic heterocycles. The molecule has 2 aromatic heterocycles. The standard InChI is InChI=1S/C20H23N3OS2/c1-13-4-5-15(10-14(13)2)17-11-25-20-18(17)19(21-12-22-20)23(3)16-6-8-26(24)9-7-16/h4-5,10-12,16H,6-9H2,1-3H3. The van der Waals surface area contributed by atoms with E-state index >= 15 is 0 Å². The molecule has 0 radical (unpaired) electrons. The lowest BCUT2D eigenvalue weighted by molar-refractivity contribution is 0.567. The van der Waals surface area contributed by atoms with Gasteiger partial charge < -0.3 is 4.90 Å². The van der Waals surface area contributed by atoms with Crippen LogP contribution >= 0.6 is 11.3 Å². The van der Waals surface area contributed by atoms with Crippen LogP contribution < -0.4 is 4.90 Å². The molecule has 136 valence electrons. The molecule has 0 N–H and O–H groups in total. The number of thiophene rings is 1. The van der Waals surface area contributed by atoms with Crippen LogP contribution in [0.25, 0.3) is 21.3 Å². The fourth-order valence-corrected chi connectivity index (χ4v) is 5.77. The number of rotatable bonds is 3.